The lowest BCUT2D eigenvalue weighted by atomic mass is 10.2. The standard InChI is InChI=1S/C20H28FN3O3/c1-15-13-17(24(2)23-15)20(25)22-14-16-9-8-10-18(19(16)21)27-12-7-5-4-6-11-26-3/h8-10,13H,4-7,11-12,14H2,1-3H3,(H,22,25). The van der Waals surface area contributed by atoms with Gasteiger partial charge in [-0.15, -0.1) is 0 Å². The third-order valence-corrected chi connectivity index (χ3v) is 4.22. The van der Waals surface area contributed by atoms with Crippen LogP contribution in [0, 0.1) is 12.7 Å². The van der Waals surface area contributed by atoms with E-state index in [1.807, 2.05) is 6.92 Å². The number of aromatic nitrogens is 2. The fraction of sp³-hybridized carbons (Fsp3) is 0.500. The number of carbonyl (C=O) groups excluding carboxylic acids is 1. The molecular formula is C20H28FN3O3. The Hall–Kier alpha value is -2.41. The number of unbranched alkanes of at least 4 members (excludes halogenated alkanes) is 3. The lowest BCUT2D eigenvalue weighted by Crippen LogP contribution is -2.25. The Morgan fingerprint density at radius 3 is 2.63 bits per heavy atom. The summed E-state index contributed by atoms with van der Waals surface area (Å²) in [6.07, 6.45) is 3.98. The number of hydrogen-bond donors (Lipinski definition) is 1. The molecule has 1 N–H and O–H groups in total. The fourth-order valence-electron chi connectivity index (χ4n) is 2.78. The van der Waals surface area contributed by atoms with Gasteiger partial charge in [-0.05, 0) is 38.3 Å². The average Bonchev–Trinajstić information content (AvgIpc) is 2.99. The molecule has 0 saturated carbocycles. The molecule has 0 spiro atoms. The molecule has 1 aromatic carbocycles. The number of nitrogens with one attached hydrogen (secondary N) is 1. The van der Waals surface area contributed by atoms with Gasteiger partial charge in [-0.25, -0.2) is 4.39 Å². The van der Waals surface area contributed by atoms with Crippen LogP contribution in [-0.4, -0.2) is 36.0 Å². The molecular weight excluding hydrogens is 349 g/mol. The minimum absolute atomic E-state index is 0.0864. The summed E-state index contributed by atoms with van der Waals surface area (Å²) in [5.74, 6) is -0.506. The number of ether oxygens (including phenoxy) is 2. The first kappa shape index (κ1) is 20.9. The van der Waals surface area contributed by atoms with Crippen molar-refractivity contribution < 1.29 is 18.7 Å². The van der Waals surface area contributed by atoms with E-state index < -0.39 is 5.82 Å². The Labute approximate surface area is 159 Å². The molecule has 7 heteroatoms. The van der Waals surface area contributed by atoms with Crippen molar-refractivity contribution in [3.05, 3.63) is 47.0 Å². The van der Waals surface area contributed by atoms with E-state index in [9.17, 15) is 9.18 Å². The summed E-state index contributed by atoms with van der Waals surface area (Å²) in [6, 6.07) is 6.67. The van der Waals surface area contributed by atoms with Crippen molar-refractivity contribution in [2.75, 3.05) is 20.3 Å². The quantitative estimate of drug-likeness (QED) is 0.610. The van der Waals surface area contributed by atoms with E-state index in [0.717, 1.165) is 38.0 Å². The van der Waals surface area contributed by atoms with E-state index in [0.29, 0.717) is 17.9 Å². The highest BCUT2D eigenvalue weighted by atomic mass is 19.1. The van der Waals surface area contributed by atoms with Gasteiger partial charge in [-0.1, -0.05) is 18.6 Å². The van der Waals surface area contributed by atoms with Crippen LogP contribution in [0.1, 0.15) is 47.4 Å². The van der Waals surface area contributed by atoms with Crippen LogP contribution < -0.4 is 10.1 Å². The molecule has 0 saturated heterocycles. The summed E-state index contributed by atoms with van der Waals surface area (Å²) in [6.45, 7) is 3.13. The topological polar surface area (TPSA) is 65.4 Å². The van der Waals surface area contributed by atoms with E-state index in [1.165, 1.54) is 4.68 Å². The normalized spacial score (nSPS) is 10.8. The summed E-state index contributed by atoms with van der Waals surface area (Å²) < 4.78 is 26.7. The van der Waals surface area contributed by atoms with Crippen LogP contribution in [0.3, 0.4) is 0 Å². The van der Waals surface area contributed by atoms with Crippen LogP contribution in [0.5, 0.6) is 5.75 Å². The minimum Gasteiger partial charge on any atom is -0.491 e. The van der Waals surface area contributed by atoms with Crippen LogP contribution in [0.4, 0.5) is 4.39 Å². The summed E-state index contributed by atoms with van der Waals surface area (Å²) in [5.41, 5.74) is 1.58. The zero-order valence-electron chi connectivity index (χ0n) is 16.3. The maximum absolute atomic E-state index is 14.6. The van der Waals surface area contributed by atoms with E-state index in [4.69, 9.17) is 9.47 Å². The van der Waals surface area contributed by atoms with Crippen LogP contribution >= 0.6 is 0 Å². The zero-order valence-corrected chi connectivity index (χ0v) is 16.3. The van der Waals surface area contributed by atoms with Gasteiger partial charge in [0.25, 0.3) is 5.91 Å². The van der Waals surface area contributed by atoms with Crippen molar-refractivity contribution in [1.82, 2.24) is 15.1 Å². The van der Waals surface area contributed by atoms with Crippen LogP contribution in [0.15, 0.2) is 24.3 Å². The Morgan fingerprint density at radius 1 is 1.22 bits per heavy atom. The number of carbonyl (C=O) groups is 1. The van der Waals surface area contributed by atoms with Gasteiger partial charge in [0.15, 0.2) is 11.6 Å². The van der Waals surface area contributed by atoms with Gasteiger partial charge in [0.1, 0.15) is 5.69 Å². The van der Waals surface area contributed by atoms with E-state index in [1.54, 1.807) is 38.4 Å². The first-order chi connectivity index (χ1) is 13.0. The van der Waals surface area contributed by atoms with Crippen molar-refractivity contribution in [3.8, 4) is 5.75 Å². The average molecular weight is 377 g/mol. The molecule has 2 aromatic rings. The van der Waals surface area contributed by atoms with Gasteiger partial charge in [0.05, 0.1) is 12.3 Å². The van der Waals surface area contributed by atoms with Crippen LogP contribution in [-0.2, 0) is 18.3 Å². The predicted molar refractivity (Wildman–Crippen MR) is 101 cm³/mol. The highest BCUT2D eigenvalue weighted by Gasteiger charge is 2.14. The molecule has 0 bridgehead atoms. The highest BCUT2D eigenvalue weighted by Crippen LogP contribution is 2.21. The predicted octanol–water partition coefficient (Wildman–Crippen LogP) is 3.38. The number of amides is 1. The van der Waals surface area contributed by atoms with Crippen molar-refractivity contribution >= 4 is 5.91 Å². The fourth-order valence-corrected chi connectivity index (χ4v) is 2.78. The molecule has 0 aliphatic carbocycles. The lowest BCUT2D eigenvalue weighted by Gasteiger charge is -2.11. The molecule has 148 valence electrons. The SMILES string of the molecule is COCCCCCCOc1cccc(CNC(=O)c2cc(C)nn2C)c1F. The Kier molecular flexibility index (Phi) is 8.26. The Balaban J connectivity index is 1.83. The number of aryl methyl sites for hydroxylation is 2. The van der Waals surface area contributed by atoms with Crippen molar-refractivity contribution in [1.29, 1.82) is 0 Å². The highest BCUT2D eigenvalue weighted by molar-refractivity contribution is 5.92. The number of methoxy groups -OCH3 is 1. The molecule has 0 radical (unpaired) electrons. The molecule has 6 nitrogen and oxygen atoms in total. The Bertz CT molecular complexity index is 746. The van der Waals surface area contributed by atoms with E-state index >= 15 is 0 Å². The van der Waals surface area contributed by atoms with Gasteiger partial charge in [0, 0.05) is 32.9 Å². The monoisotopic (exact) mass is 377 g/mol. The molecule has 27 heavy (non-hydrogen) atoms. The van der Waals surface area contributed by atoms with Crippen molar-refractivity contribution in [3.63, 3.8) is 0 Å². The van der Waals surface area contributed by atoms with Gasteiger partial charge < -0.3 is 14.8 Å². The zero-order chi connectivity index (χ0) is 19.6. The maximum atomic E-state index is 14.6. The van der Waals surface area contributed by atoms with Gasteiger partial charge >= 0.3 is 0 Å². The molecule has 1 aromatic heterocycles. The first-order valence-corrected chi connectivity index (χ1v) is 9.21. The number of nitrogens with zero attached hydrogens (tertiary/aromatic N) is 2. The molecule has 2 rings (SSSR count). The molecule has 1 amide bonds. The smallest absolute Gasteiger partial charge is 0.269 e. The number of rotatable bonds is 11. The minimum atomic E-state index is -0.432. The van der Waals surface area contributed by atoms with Crippen molar-refractivity contribution in [2.45, 2.75) is 39.2 Å². The largest absolute Gasteiger partial charge is 0.491 e. The van der Waals surface area contributed by atoms with Gasteiger partial charge in [-0.2, -0.15) is 5.10 Å². The second-order valence-corrected chi connectivity index (χ2v) is 6.46. The lowest BCUT2D eigenvalue weighted by molar-refractivity contribution is 0.0941. The maximum Gasteiger partial charge on any atom is 0.269 e. The van der Waals surface area contributed by atoms with Crippen LogP contribution in [0.2, 0.25) is 0 Å². The Morgan fingerprint density at radius 2 is 1.96 bits per heavy atom. The van der Waals surface area contributed by atoms with Crippen LogP contribution in [0.25, 0.3) is 0 Å². The summed E-state index contributed by atoms with van der Waals surface area (Å²) in [5, 5.41) is 6.87. The molecule has 0 fully saturated rings. The van der Waals surface area contributed by atoms with Gasteiger partial charge in [-0.3, -0.25) is 9.48 Å². The van der Waals surface area contributed by atoms with Gasteiger partial charge in [0.2, 0.25) is 0 Å². The second-order valence-electron chi connectivity index (χ2n) is 6.46. The molecule has 0 unspecified atom stereocenters. The first-order valence-electron chi connectivity index (χ1n) is 9.21. The van der Waals surface area contributed by atoms with Crippen molar-refractivity contribution in [2.24, 2.45) is 7.05 Å². The summed E-state index contributed by atoms with van der Waals surface area (Å²) in [7, 11) is 3.39. The molecule has 1 heterocycles. The summed E-state index contributed by atoms with van der Waals surface area (Å²) >= 11 is 0. The molecule has 0 atom stereocenters. The summed E-state index contributed by atoms with van der Waals surface area (Å²) in [4.78, 5) is 12.2. The van der Waals surface area contributed by atoms with E-state index in [-0.39, 0.29) is 18.2 Å². The second kappa shape index (κ2) is 10.7. The number of hydrogen-bond acceptors (Lipinski definition) is 4. The third kappa shape index (κ3) is 6.36. The number of halogens is 1. The third-order valence-electron chi connectivity index (χ3n) is 4.22. The molecule has 0 aliphatic heterocycles. The molecule has 0 aliphatic rings. The van der Waals surface area contributed by atoms with E-state index in [2.05, 4.69) is 10.4 Å². The number of benzene rings is 1.